The van der Waals surface area contributed by atoms with E-state index in [0.717, 1.165) is 31.0 Å². The molecule has 1 saturated heterocycles. The zero-order valence-electron chi connectivity index (χ0n) is 13.6. The highest BCUT2D eigenvalue weighted by atomic mass is 15.2. The lowest BCUT2D eigenvalue weighted by Gasteiger charge is -2.33. The maximum atomic E-state index is 4.46. The molecule has 1 aliphatic heterocycles. The van der Waals surface area contributed by atoms with Gasteiger partial charge in [0.15, 0.2) is 0 Å². The lowest BCUT2D eigenvalue weighted by Crippen LogP contribution is -2.41. The summed E-state index contributed by atoms with van der Waals surface area (Å²) < 4.78 is 0. The van der Waals surface area contributed by atoms with Gasteiger partial charge in [0, 0.05) is 36.9 Å². The largest absolute Gasteiger partial charge is 0.366 e. The number of piperidine rings is 1. The first-order valence-electron chi connectivity index (χ1n) is 8.46. The Morgan fingerprint density at radius 2 is 2.04 bits per heavy atom. The van der Waals surface area contributed by atoms with E-state index in [-0.39, 0.29) is 0 Å². The molecule has 1 fully saturated rings. The monoisotopic (exact) mass is 319 g/mol. The number of aromatic nitrogens is 3. The van der Waals surface area contributed by atoms with E-state index < -0.39 is 0 Å². The molecule has 0 bridgehead atoms. The number of hydrogen-bond acceptors (Lipinski definition) is 5. The second-order valence-electron chi connectivity index (χ2n) is 6.30. The number of likely N-dealkylation sites (tertiary alicyclic amines) is 1. The van der Waals surface area contributed by atoms with E-state index in [9.17, 15) is 0 Å². The van der Waals surface area contributed by atoms with Crippen LogP contribution in [0.25, 0.3) is 10.9 Å². The second kappa shape index (κ2) is 6.93. The van der Waals surface area contributed by atoms with E-state index in [1.807, 2.05) is 18.3 Å². The summed E-state index contributed by atoms with van der Waals surface area (Å²) in [4.78, 5) is 15.2. The maximum absolute atomic E-state index is 4.46. The summed E-state index contributed by atoms with van der Waals surface area (Å²) in [7, 11) is 0. The van der Waals surface area contributed by atoms with Gasteiger partial charge in [-0.1, -0.05) is 18.2 Å². The zero-order valence-corrected chi connectivity index (χ0v) is 13.6. The van der Waals surface area contributed by atoms with Crippen molar-refractivity contribution in [3.05, 3.63) is 60.7 Å². The first-order valence-corrected chi connectivity index (χ1v) is 8.46. The highest BCUT2D eigenvalue weighted by Crippen LogP contribution is 2.21. The van der Waals surface area contributed by atoms with E-state index in [1.165, 1.54) is 23.8 Å². The number of rotatable bonds is 4. The third-order valence-corrected chi connectivity index (χ3v) is 4.57. The molecule has 3 aromatic rings. The Morgan fingerprint density at radius 3 is 2.96 bits per heavy atom. The van der Waals surface area contributed by atoms with Crippen molar-refractivity contribution in [1.29, 1.82) is 0 Å². The SMILES string of the molecule is c1ccc2c(CN3CCCC(Nc4ccncn4)C3)ccnc2c1. The summed E-state index contributed by atoms with van der Waals surface area (Å²) in [6.45, 7) is 3.13. The highest BCUT2D eigenvalue weighted by Gasteiger charge is 2.20. The van der Waals surface area contributed by atoms with Crippen molar-refractivity contribution >= 4 is 16.7 Å². The molecule has 122 valence electrons. The van der Waals surface area contributed by atoms with Gasteiger partial charge in [-0.2, -0.15) is 0 Å². The van der Waals surface area contributed by atoms with Crippen molar-refractivity contribution in [1.82, 2.24) is 19.9 Å². The number of nitrogens with zero attached hydrogens (tertiary/aromatic N) is 4. The van der Waals surface area contributed by atoms with E-state index in [4.69, 9.17) is 0 Å². The van der Waals surface area contributed by atoms with E-state index in [2.05, 4.69) is 49.4 Å². The van der Waals surface area contributed by atoms with Crippen LogP contribution < -0.4 is 5.32 Å². The van der Waals surface area contributed by atoms with Crippen molar-refractivity contribution in [2.45, 2.75) is 25.4 Å². The van der Waals surface area contributed by atoms with Crippen molar-refractivity contribution < 1.29 is 0 Å². The highest BCUT2D eigenvalue weighted by molar-refractivity contribution is 5.81. The Hall–Kier alpha value is -2.53. The molecule has 1 atom stereocenters. The summed E-state index contributed by atoms with van der Waals surface area (Å²) >= 11 is 0. The van der Waals surface area contributed by atoms with Gasteiger partial charge in [-0.05, 0) is 43.1 Å². The summed E-state index contributed by atoms with van der Waals surface area (Å²) in [6.07, 6.45) is 7.66. The molecule has 2 aromatic heterocycles. The summed E-state index contributed by atoms with van der Waals surface area (Å²) in [5.41, 5.74) is 2.42. The topological polar surface area (TPSA) is 53.9 Å². The van der Waals surface area contributed by atoms with Crippen molar-refractivity contribution in [3.63, 3.8) is 0 Å². The normalized spacial score (nSPS) is 18.6. The van der Waals surface area contributed by atoms with Crippen LogP contribution in [-0.2, 0) is 6.54 Å². The number of pyridine rings is 1. The van der Waals surface area contributed by atoms with Crippen LogP contribution in [0.4, 0.5) is 5.82 Å². The van der Waals surface area contributed by atoms with E-state index in [1.54, 1.807) is 12.5 Å². The molecule has 0 radical (unpaired) electrons. The van der Waals surface area contributed by atoms with Gasteiger partial charge in [0.1, 0.15) is 12.1 Å². The molecule has 5 heteroatoms. The molecule has 0 saturated carbocycles. The Labute approximate surface area is 141 Å². The molecular weight excluding hydrogens is 298 g/mol. The van der Waals surface area contributed by atoms with Crippen LogP contribution in [0.3, 0.4) is 0 Å². The second-order valence-corrected chi connectivity index (χ2v) is 6.30. The van der Waals surface area contributed by atoms with Gasteiger partial charge in [0.25, 0.3) is 0 Å². The number of benzene rings is 1. The van der Waals surface area contributed by atoms with Gasteiger partial charge in [0.05, 0.1) is 5.52 Å². The molecule has 3 heterocycles. The lowest BCUT2D eigenvalue weighted by atomic mass is 10.0. The smallest absolute Gasteiger partial charge is 0.129 e. The number of fused-ring (bicyclic) bond motifs is 1. The predicted octanol–water partition coefficient (Wildman–Crippen LogP) is 3.10. The maximum Gasteiger partial charge on any atom is 0.129 e. The molecule has 0 aliphatic carbocycles. The first-order chi connectivity index (χ1) is 11.9. The van der Waals surface area contributed by atoms with Crippen LogP contribution in [0.2, 0.25) is 0 Å². The van der Waals surface area contributed by atoms with Crippen molar-refractivity contribution in [2.75, 3.05) is 18.4 Å². The average Bonchev–Trinajstić information content (AvgIpc) is 2.63. The van der Waals surface area contributed by atoms with E-state index >= 15 is 0 Å². The van der Waals surface area contributed by atoms with Crippen molar-refractivity contribution in [2.24, 2.45) is 0 Å². The summed E-state index contributed by atoms with van der Waals surface area (Å²) in [6, 6.07) is 12.9. The van der Waals surface area contributed by atoms with Crippen LogP contribution >= 0.6 is 0 Å². The molecule has 1 aliphatic rings. The third kappa shape index (κ3) is 3.36. The van der Waals surface area contributed by atoms with Gasteiger partial charge in [-0.15, -0.1) is 0 Å². The Kier molecular flexibility index (Phi) is 4.34. The Bertz CT molecular complexity index is 800. The van der Waals surface area contributed by atoms with E-state index in [0.29, 0.717) is 6.04 Å². The fourth-order valence-electron chi connectivity index (χ4n) is 3.44. The molecule has 5 nitrogen and oxygen atoms in total. The van der Waals surface area contributed by atoms with Crippen LogP contribution in [0.5, 0.6) is 0 Å². The van der Waals surface area contributed by atoms with Crippen molar-refractivity contribution in [3.8, 4) is 0 Å². The molecule has 1 unspecified atom stereocenters. The fourth-order valence-corrected chi connectivity index (χ4v) is 3.44. The molecule has 1 aromatic carbocycles. The molecule has 0 amide bonds. The molecule has 1 N–H and O–H groups in total. The summed E-state index contributed by atoms with van der Waals surface area (Å²) in [5, 5.41) is 4.78. The number of anilines is 1. The van der Waals surface area contributed by atoms with Crippen LogP contribution in [-0.4, -0.2) is 39.0 Å². The quantitative estimate of drug-likeness (QED) is 0.801. The lowest BCUT2D eigenvalue weighted by molar-refractivity contribution is 0.209. The molecule has 0 spiro atoms. The molecule has 24 heavy (non-hydrogen) atoms. The molecule has 4 rings (SSSR count). The minimum absolute atomic E-state index is 0.432. The number of hydrogen-bond donors (Lipinski definition) is 1. The standard InChI is InChI=1S/C19H21N5/c1-2-6-18-17(5-1)15(7-10-21-18)12-24-11-3-4-16(13-24)23-19-8-9-20-14-22-19/h1-2,5-10,14,16H,3-4,11-13H2,(H,20,22,23). The fraction of sp³-hybridized carbons (Fsp3) is 0.316. The molecular formula is C19H21N5. The van der Waals surface area contributed by atoms with Crippen LogP contribution in [0.1, 0.15) is 18.4 Å². The average molecular weight is 319 g/mol. The third-order valence-electron chi connectivity index (χ3n) is 4.57. The van der Waals surface area contributed by atoms with Gasteiger partial charge in [0.2, 0.25) is 0 Å². The van der Waals surface area contributed by atoms with Crippen LogP contribution in [0.15, 0.2) is 55.1 Å². The van der Waals surface area contributed by atoms with Crippen LogP contribution in [0, 0.1) is 0 Å². The van der Waals surface area contributed by atoms with Gasteiger partial charge in [-0.3, -0.25) is 9.88 Å². The Morgan fingerprint density at radius 1 is 1.08 bits per heavy atom. The van der Waals surface area contributed by atoms with Gasteiger partial charge in [-0.25, -0.2) is 9.97 Å². The minimum Gasteiger partial charge on any atom is -0.366 e. The predicted molar refractivity (Wildman–Crippen MR) is 95.7 cm³/mol. The number of nitrogens with one attached hydrogen (secondary N) is 1. The van der Waals surface area contributed by atoms with Gasteiger partial charge >= 0.3 is 0 Å². The van der Waals surface area contributed by atoms with Gasteiger partial charge < -0.3 is 5.32 Å². The Balaban J connectivity index is 1.46. The first kappa shape index (κ1) is 15.0. The number of para-hydroxylation sites is 1. The minimum atomic E-state index is 0.432. The zero-order chi connectivity index (χ0) is 16.2. The summed E-state index contributed by atoms with van der Waals surface area (Å²) in [5.74, 6) is 0.909.